The standard InChI is InChI=1S/C11H12N2O3/c1-15-6-7-16-11-12-10-5-3-2-4-9(10)8-13(11)14/h2-5,8H,6-7H2,1H3. The number of rotatable bonds is 4. The second-order valence-corrected chi connectivity index (χ2v) is 3.25. The van der Waals surface area contributed by atoms with Gasteiger partial charge < -0.3 is 14.7 Å². The zero-order valence-corrected chi connectivity index (χ0v) is 8.92. The average molecular weight is 220 g/mol. The largest absolute Gasteiger partial charge is 0.708 e. The number of methoxy groups -OCH3 is 1. The Balaban J connectivity index is 2.27. The lowest BCUT2D eigenvalue weighted by atomic mass is 10.2. The third-order valence-corrected chi connectivity index (χ3v) is 2.12. The van der Waals surface area contributed by atoms with Crippen molar-refractivity contribution in [3.63, 3.8) is 0 Å². The van der Waals surface area contributed by atoms with E-state index in [1.54, 1.807) is 7.11 Å². The molecule has 0 amide bonds. The second kappa shape index (κ2) is 4.76. The van der Waals surface area contributed by atoms with Gasteiger partial charge in [0.25, 0.3) is 0 Å². The average Bonchev–Trinajstić information content (AvgIpc) is 2.30. The fraction of sp³-hybridized carbons (Fsp3) is 0.273. The fourth-order valence-electron chi connectivity index (χ4n) is 1.34. The maximum atomic E-state index is 11.5. The molecule has 0 N–H and O–H groups in total. The predicted molar refractivity (Wildman–Crippen MR) is 58.1 cm³/mol. The summed E-state index contributed by atoms with van der Waals surface area (Å²) in [5.41, 5.74) is 0.738. The highest BCUT2D eigenvalue weighted by Crippen LogP contribution is 2.11. The van der Waals surface area contributed by atoms with Crippen molar-refractivity contribution in [2.24, 2.45) is 0 Å². The first-order valence-corrected chi connectivity index (χ1v) is 4.92. The lowest BCUT2D eigenvalue weighted by molar-refractivity contribution is -0.614. The van der Waals surface area contributed by atoms with Gasteiger partial charge in [0.1, 0.15) is 12.8 Å². The third-order valence-electron chi connectivity index (χ3n) is 2.12. The topological polar surface area (TPSA) is 58.3 Å². The summed E-state index contributed by atoms with van der Waals surface area (Å²) >= 11 is 0. The highest BCUT2D eigenvalue weighted by Gasteiger charge is 2.11. The van der Waals surface area contributed by atoms with Crippen LogP contribution < -0.4 is 9.47 Å². The first-order valence-electron chi connectivity index (χ1n) is 4.92. The molecule has 5 nitrogen and oxygen atoms in total. The minimum absolute atomic E-state index is 0.0516. The van der Waals surface area contributed by atoms with Crippen molar-refractivity contribution in [3.05, 3.63) is 35.7 Å². The molecule has 0 saturated carbocycles. The van der Waals surface area contributed by atoms with Crippen LogP contribution in [-0.4, -0.2) is 25.3 Å². The molecule has 0 fully saturated rings. The summed E-state index contributed by atoms with van der Waals surface area (Å²) in [7, 11) is 1.57. The highest BCUT2D eigenvalue weighted by atomic mass is 16.6. The van der Waals surface area contributed by atoms with E-state index < -0.39 is 0 Å². The number of hydrogen-bond donors (Lipinski definition) is 0. The summed E-state index contributed by atoms with van der Waals surface area (Å²) in [6.45, 7) is 0.735. The van der Waals surface area contributed by atoms with Gasteiger partial charge in [0.05, 0.1) is 12.0 Å². The van der Waals surface area contributed by atoms with E-state index in [9.17, 15) is 5.21 Å². The number of ether oxygens (including phenoxy) is 2. The molecule has 0 bridgehead atoms. The normalized spacial score (nSPS) is 10.6. The third kappa shape index (κ3) is 2.20. The van der Waals surface area contributed by atoms with Gasteiger partial charge in [-0.3, -0.25) is 0 Å². The van der Waals surface area contributed by atoms with Gasteiger partial charge in [0.2, 0.25) is 0 Å². The van der Waals surface area contributed by atoms with Crippen LogP contribution in [0.15, 0.2) is 30.5 Å². The number of para-hydroxylation sites is 1. The number of fused-ring (bicyclic) bond motifs is 1. The van der Waals surface area contributed by atoms with Gasteiger partial charge in [0.15, 0.2) is 5.52 Å². The summed E-state index contributed by atoms with van der Waals surface area (Å²) in [4.78, 5) is 4.12. The molecule has 0 atom stereocenters. The number of nitrogens with zero attached hydrogens (tertiary/aromatic N) is 2. The summed E-state index contributed by atoms with van der Waals surface area (Å²) < 4.78 is 10.6. The van der Waals surface area contributed by atoms with Gasteiger partial charge in [-0.2, -0.15) is 4.73 Å². The summed E-state index contributed by atoms with van der Waals surface area (Å²) in [6, 6.07) is 7.43. The van der Waals surface area contributed by atoms with E-state index in [2.05, 4.69) is 4.98 Å². The molecule has 0 radical (unpaired) electrons. The monoisotopic (exact) mass is 220 g/mol. The van der Waals surface area contributed by atoms with Gasteiger partial charge in [-0.15, -0.1) is 0 Å². The van der Waals surface area contributed by atoms with Gasteiger partial charge >= 0.3 is 6.01 Å². The number of benzene rings is 1. The van der Waals surface area contributed by atoms with Gasteiger partial charge in [0, 0.05) is 7.11 Å². The van der Waals surface area contributed by atoms with Crippen molar-refractivity contribution in [2.45, 2.75) is 0 Å². The maximum Gasteiger partial charge on any atom is 0.502 e. The van der Waals surface area contributed by atoms with E-state index >= 15 is 0 Å². The lowest BCUT2D eigenvalue weighted by Crippen LogP contribution is -2.30. The molecular weight excluding hydrogens is 208 g/mol. The van der Waals surface area contributed by atoms with E-state index in [4.69, 9.17) is 9.47 Å². The summed E-state index contributed by atoms with van der Waals surface area (Å²) in [5, 5.41) is 12.3. The van der Waals surface area contributed by atoms with Gasteiger partial charge in [-0.05, 0) is 17.1 Å². The first-order chi connectivity index (χ1) is 7.81. The van der Waals surface area contributed by atoms with Crippen LogP contribution in [0.3, 0.4) is 0 Å². The van der Waals surface area contributed by atoms with Gasteiger partial charge in [-0.25, -0.2) is 0 Å². The van der Waals surface area contributed by atoms with Crippen LogP contribution in [0.4, 0.5) is 0 Å². The fourth-order valence-corrected chi connectivity index (χ4v) is 1.34. The van der Waals surface area contributed by atoms with Crippen molar-refractivity contribution in [1.29, 1.82) is 0 Å². The van der Waals surface area contributed by atoms with E-state index in [0.29, 0.717) is 17.9 Å². The van der Waals surface area contributed by atoms with E-state index in [1.807, 2.05) is 24.3 Å². The van der Waals surface area contributed by atoms with Crippen LogP contribution in [-0.2, 0) is 4.74 Å². The molecule has 1 aromatic heterocycles. The quantitative estimate of drug-likeness (QED) is 0.436. The SMILES string of the molecule is COCCOc1nc2ccccc2c[n+]1[O-]. The van der Waals surface area contributed by atoms with E-state index in [-0.39, 0.29) is 6.01 Å². The Morgan fingerprint density at radius 2 is 2.12 bits per heavy atom. The van der Waals surface area contributed by atoms with Crippen LogP contribution in [0.2, 0.25) is 0 Å². The molecule has 5 heteroatoms. The molecule has 0 unspecified atom stereocenters. The highest BCUT2D eigenvalue weighted by molar-refractivity contribution is 5.76. The molecule has 16 heavy (non-hydrogen) atoms. The first kappa shape index (κ1) is 10.6. The second-order valence-electron chi connectivity index (χ2n) is 3.25. The predicted octanol–water partition coefficient (Wildman–Crippen LogP) is 0.893. The molecular formula is C11H12N2O3. The zero-order valence-electron chi connectivity index (χ0n) is 8.92. The van der Waals surface area contributed by atoms with Crippen LogP contribution in [0, 0.1) is 5.21 Å². The van der Waals surface area contributed by atoms with Crippen LogP contribution in [0.25, 0.3) is 10.9 Å². The minimum atomic E-state index is 0.0516. The number of aromatic nitrogens is 2. The minimum Gasteiger partial charge on any atom is -0.708 e. The molecule has 1 aromatic carbocycles. The molecule has 0 aliphatic rings. The molecule has 0 saturated heterocycles. The Labute approximate surface area is 92.8 Å². The van der Waals surface area contributed by atoms with Crippen molar-refractivity contribution in [3.8, 4) is 6.01 Å². The molecule has 0 aliphatic carbocycles. The van der Waals surface area contributed by atoms with E-state index in [0.717, 1.165) is 10.9 Å². The van der Waals surface area contributed by atoms with Crippen molar-refractivity contribution in [2.75, 3.05) is 20.3 Å². The number of hydrogen-bond acceptors (Lipinski definition) is 4. The van der Waals surface area contributed by atoms with Crippen molar-refractivity contribution >= 4 is 10.9 Å². The van der Waals surface area contributed by atoms with Crippen molar-refractivity contribution < 1.29 is 14.2 Å². The molecule has 0 aliphatic heterocycles. The summed E-state index contributed by atoms with van der Waals surface area (Å²) in [6.07, 6.45) is 1.45. The van der Waals surface area contributed by atoms with Crippen molar-refractivity contribution in [1.82, 2.24) is 4.98 Å². The lowest BCUT2D eigenvalue weighted by Gasteiger charge is -2.06. The molecule has 2 aromatic rings. The Kier molecular flexibility index (Phi) is 3.16. The van der Waals surface area contributed by atoms with Gasteiger partial charge in [-0.1, -0.05) is 12.1 Å². The van der Waals surface area contributed by atoms with Crippen LogP contribution in [0.5, 0.6) is 6.01 Å². The molecule has 1 heterocycles. The Hall–Kier alpha value is -1.88. The Morgan fingerprint density at radius 1 is 1.31 bits per heavy atom. The molecule has 84 valence electrons. The Morgan fingerprint density at radius 3 is 2.94 bits per heavy atom. The van der Waals surface area contributed by atoms with Crippen LogP contribution >= 0.6 is 0 Å². The zero-order chi connectivity index (χ0) is 11.4. The molecule has 0 spiro atoms. The van der Waals surface area contributed by atoms with E-state index in [1.165, 1.54) is 6.20 Å². The Bertz CT molecular complexity index is 488. The smallest absolute Gasteiger partial charge is 0.502 e. The van der Waals surface area contributed by atoms with Crippen LogP contribution in [0.1, 0.15) is 0 Å². The maximum absolute atomic E-state index is 11.5. The summed E-state index contributed by atoms with van der Waals surface area (Å²) in [5.74, 6) is 0. The molecule has 2 rings (SSSR count).